The Kier molecular flexibility index (Phi) is 7.19. The van der Waals surface area contributed by atoms with E-state index in [1.165, 1.54) is 12.1 Å². The Labute approximate surface area is 245 Å². The topological polar surface area (TPSA) is 80.8 Å². The molecule has 0 bridgehead atoms. The molecule has 2 aliphatic carbocycles. The van der Waals surface area contributed by atoms with Crippen molar-refractivity contribution in [1.29, 1.82) is 0 Å². The van der Waals surface area contributed by atoms with E-state index in [2.05, 4.69) is 55.4 Å². The third-order valence-corrected chi connectivity index (χ3v) is 10.0. The first-order chi connectivity index (χ1) is 18.6. The highest BCUT2D eigenvalue weighted by molar-refractivity contribution is 9.10. The van der Waals surface area contributed by atoms with Crippen LogP contribution in [0.4, 0.5) is 0 Å². The summed E-state index contributed by atoms with van der Waals surface area (Å²) in [6.07, 6.45) is 2.33. The van der Waals surface area contributed by atoms with Gasteiger partial charge in [-0.25, -0.2) is 0 Å². The van der Waals surface area contributed by atoms with Crippen molar-refractivity contribution < 1.29 is 22.2 Å². The number of nitrogens with zero attached hydrogens (tertiary/aromatic N) is 1. The van der Waals surface area contributed by atoms with E-state index in [0.29, 0.717) is 35.0 Å². The summed E-state index contributed by atoms with van der Waals surface area (Å²) in [5, 5.41) is 0. The van der Waals surface area contributed by atoms with Crippen molar-refractivity contribution in [2.24, 2.45) is 10.8 Å². The Morgan fingerprint density at radius 2 is 1.40 bits per heavy atom. The predicted octanol–water partition coefficient (Wildman–Crippen LogP) is 7.23. The van der Waals surface area contributed by atoms with Crippen molar-refractivity contribution in [3.05, 3.63) is 80.6 Å². The summed E-state index contributed by atoms with van der Waals surface area (Å²) in [7, 11) is -4.05. The lowest BCUT2D eigenvalue weighted by Crippen LogP contribution is -2.44. The normalized spacial score (nSPS) is 20.9. The Hall–Kier alpha value is -2.71. The van der Waals surface area contributed by atoms with Crippen LogP contribution in [0.25, 0.3) is 0 Å². The van der Waals surface area contributed by atoms with Crippen LogP contribution in [0.3, 0.4) is 0 Å². The number of aryl methyl sites for hydroxylation is 1. The van der Waals surface area contributed by atoms with Crippen LogP contribution in [-0.2, 0) is 19.7 Å². The van der Waals surface area contributed by atoms with Crippen molar-refractivity contribution in [3.8, 4) is 5.75 Å². The molecule has 3 aliphatic rings. The van der Waals surface area contributed by atoms with E-state index in [1.807, 2.05) is 6.92 Å². The second-order valence-electron chi connectivity index (χ2n) is 12.8. The highest BCUT2D eigenvalue weighted by Crippen LogP contribution is 2.54. The molecule has 40 heavy (non-hydrogen) atoms. The molecule has 0 fully saturated rings. The molecule has 0 N–H and O–H groups in total. The lowest BCUT2D eigenvalue weighted by atomic mass is 9.63. The molecule has 212 valence electrons. The van der Waals surface area contributed by atoms with Gasteiger partial charge in [0.05, 0.1) is 4.47 Å². The molecule has 0 radical (unpaired) electrons. The second kappa shape index (κ2) is 9.98. The van der Waals surface area contributed by atoms with E-state index in [4.69, 9.17) is 4.18 Å². The lowest BCUT2D eigenvalue weighted by molar-refractivity contribution is -0.119. The number of allylic oxidation sites excluding steroid dienone is 4. The number of carbonyl (C=O) groups is 2. The van der Waals surface area contributed by atoms with Crippen molar-refractivity contribution in [3.63, 3.8) is 0 Å². The summed E-state index contributed by atoms with van der Waals surface area (Å²) < 4.78 is 31.8. The fraction of sp³-hybridized carbons (Fsp3) is 0.438. The molecule has 2 aromatic carbocycles. The van der Waals surface area contributed by atoms with Crippen LogP contribution in [0, 0.1) is 17.8 Å². The summed E-state index contributed by atoms with van der Waals surface area (Å²) in [6, 6.07) is 11.7. The van der Waals surface area contributed by atoms with E-state index in [0.717, 1.165) is 35.4 Å². The standard InChI is InChI=1S/C32H36BrNO5S/c1-7-34-23-15-31(3,4)17-25(35)29(23)28(30-24(34)16-32(5,6)18-26(30)36)20-10-13-27(22(33)14-20)39-40(37,38)21-11-8-19(2)9-12-21/h8-14,28H,7,15-18H2,1-6H3. The van der Waals surface area contributed by atoms with E-state index >= 15 is 0 Å². The van der Waals surface area contributed by atoms with Gasteiger partial charge in [-0.15, -0.1) is 0 Å². The first kappa shape index (κ1) is 28.8. The molecule has 0 unspecified atom stereocenters. The van der Waals surface area contributed by atoms with Gasteiger partial charge in [0.1, 0.15) is 4.90 Å². The van der Waals surface area contributed by atoms with E-state index in [1.54, 1.807) is 30.3 Å². The number of hydrogen-bond donors (Lipinski definition) is 0. The minimum Gasteiger partial charge on any atom is -0.378 e. The number of hydrogen-bond acceptors (Lipinski definition) is 6. The van der Waals surface area contributed by atoms with Gasteiger partial charge in [0.2, 0.25) is 0 Å². The minimum absolute atomic E-state index is 0.0662. The number of rotatable bonds is 5. The molecule has 0 saturated carbocycles. The SMILES string of the molecule is CCN1C2=C(C(=O)CC(C)(C)C2)C(c2ccc(OS(=O)(=O)c3ccc(C)cc3)c(Br)c2)C2=C1CC(C)(C)CC2=O. The summed E-state index contributed by atoms with van der Waals surface area (Å²) in [5.74, 6) is -0.223. The number of halogens is 1. The largest absolute Gasteiger partial charge is 0.378 e. The molecule has 8 heteroatoms. The molecular weight excluding hydrogens is 590 g/mol. The predicted molar refractivity (Wildman–Crippen MR) is 158 cm³/mol. The second-order valence-corrected chi connectivity index (χ2v) is 15.2. The summed E-state index contributed by atoms with van der Waals surface area (Å²) >= 11 is 3.52. The molecule has 1 heterocycles. The molecule has 0 atom stereocenters. The zero-order chi connectivity index (χ0) is 29.2. The zero-order valence-electron chi connectivity index (χ0n) is 23.9. The quantitative estimate of drug-likeness (QED) is 0.326. The zero-order valence-corrected chi connectivity index (χ0v) is 26.3. The van der Waals surface area contributed by atoms with E-state index in [9.17, 15) is 18.0 Å². The Balaban J connectivity index is 1.62. The number of ketones is 2. The average molecular weight is 627 g/mol. The van der Waals surface area contributed by atoms with Gasteiger partial charge in [0.15, 0.2) is 17.3 Å². The number of Topliss-reactive ketones (excluding diaryl/α,β-unsaturated/α-hetero) is 2. The first-order valence-electron chi connectivity index (χ1n) is 13.7. The summed E-state index contributed by atoms with van der Waals surface area (Å²) in [4.78, 5) is 29.9. The van der Waals surface area contributed by atoms with Gasteiger partial charge >= 0.3 is 10.1 Å². The first-order valence-corrected chi connectivity index (χ1v) is 15.9. The molecule has 0 saturated heterocycles. The fourth-order valence-electron chi connectivity index (χ4n) is 6.40. The smallest absolute Gasteiger partial charge is 0.339 e. The Morgan fingerprint density at radius 3 is 1.88 bits per heavy atom. The molecular formula is C32H36BrNO5S. The van der Waals surface area contributed by atoms with E-state index in [-0.39, 0.29) is 33.0 Å². The summed E-state index contributed by atoms with van der Waals surface area (Å²) in [6.45, 7) is 13.1. The van der Waals surface area contributed by atoms with Crippen molar-refractivity contribution in [2.75, 3.05) is 6.54 Å². The van der Waals surface area contributed by atoms with Crippen LogP contribution >= 0.6 is 15.9 Å². The van der Waals surface area contributed by atoms with Crippen LogP contribution in [0.5, 0.6) is 5.75 Å². The molecule has 1 aliphatic heterocycles. The molecule has 0 aromatic heterocycles. The maximum absolute atomic E-state index is 13.8. The molecule has 6 nitrogen and oxygen atoms in total. The van der Waals surface area contributed by atoms with Gasteiger partial charge < -0.3 is 9.08 Å². The third kappa shape index (κ3) is 5.20. The fourth-order valence-corrected chi connectivity index (χ4v) is 7.93. The molecule has 0 amide bonds. The van der Waals surface area contributed by atoms with Crippen LogP contribution in [-0.4, -0.2) is 31.4 Å². The van der Waals surface area contributed by atoms with Gasteiger partial charge in [0.25, 0.3) is 0 Å². The number of carbonyl (C=O) groups excluding carboxylic acids is 2. The monoisotopic (exact) mass is 625 g/mol. The molecule has 0 spiro atoms. The maximum atomic E-state index is 13.8. The van der Waals surface area contributed by atoms with Gasteiger partial charge in [-0.05, 0) is 83.3 Å². The number of benzene rings is 2. The van der Waals surface area contributed by atoms with Crippen LogP contribution in [0.15, 0.2) is 74.4 Å². The molecule has 5 rings (SSSR count). The minimum atomic E-state index is -4.05. The van der Waals surface area contributed by atoms with Gasteiger partial charge in [-0.2, -0.15) is 8.42 Å². The van der Waals surface area contributed by atoms with Gasteiger partial charge in [-0.3, -0.25) is 9.59 Å². The van der Waals surface area contributed by atoms with Crippen molar-refractivity contribution in [2.45, 2.75) is 78.0 Å². The van der Waals surface area contributed by atoms with Crippen LogP contribution in [0.2, 0.25) is 0 Å². The Bertz CT molecular complexity index is 1530. The highest BCUT2D eigenvalue weighted by Gasteiger charge is 2.48. The van der Waals surface area contributed by atoms with Gasteiger partial charge in [0, 0.05) is 47.8 Å². The Morgan fingerprint density at radius 1 is 0.875 bits per heavy atom. The van der Waals surface area contributed by atoms with Crippen LogP contribution in [0.1, 0.15) is 77.3 Å². The van der Waals surface area contributed by atoms with E-state index < -0.39 is 16.0 Å². The van der Waals surface area contributed by atoms with Crippen molar-refractivity contribution >= 4 is 37.6 Å². The summed E-state index contributed by atoms with van der Waals surface area (Å²) in [5.41, 5.74) is 4.77. The molecule has 2 aromatic rings. The maximum Gasteiger partial charge on any atom is 0.339 e. The van der Waals surface area contributed by atoms with Gasteiger partial charge in [-0.1, -0.05) is 51.5 Å². The average Bonchev–Trinajstić information content (AvgIpc) is 2.83. The third-order valence-electron chi connectivity index (χ3n) is 8.14. The highest BCUT2D eigenvalue weighted by atomic mass is 79.9. The lowest BCUT2D eigenvalue weighted by Gasteiger charge is -2.48. The van der Waals surface area contributed by atoms with Crippen LogP contribution < -0.4 is 4.18 Å². The van der Waals surface area contributed by atoms with Crippen molar-refractivity contribution in [1.82, 2.24) is 4.90 Å².